The van der Waals surface area contributed by atoms with Crippen LogP contribution >= 0.6 is 0 Å². The molecule has 7 heteroatoms. The Morgan fingerprint density at radius 2 is 1.58 bits per heavy atom. The van der Waals surface area contributed by atoms with E-state index in [9.17, 15) is 19.5 Å². The molecular weight excluding hydrogens is 420 g/mol. The van der Waals surface area contributed by atoms with E-state index in [0.717, 1.165) is 47.9 Å². The summed E-state index contributed by atoms with van der Waals surface area (Å²) in [6.07, 6.45) is 2.84. The first-order valence-corrected chi connectivity index (χ1v) is 11.6. The van der Waals surface area contributed by atoms with E-state index >= 15 is 0 Å². The zero-order valence-electron chi connectivity index (χ0n) is 18.4. The zero-order chi connectivity index (χ0) is 22.9. The average molecular weight is 449 g/mol. The molecule has 0 saturated heterocycles. The minimum atomic E-state index is -1.13. The van der Waals surface area contributed by atoms with Crippen LogP contribution in [0.4, 0.5) is 4.79 Å². The third kappa shape index (κ3) is 4.72. The number of carbonyl (C=O) groups excluding carboxylic acids is 2. The van der Waals surface area contributed by atoms with Crippen molar-refractivity contribution in [1.82, 2.24) is 10.2 Å². The minimum absolute atomic E-state index is 0.102. The number of benzene rings is 2. The number of amides is 2. The van der Waals surface area contributed by atoms with E-state index in [-0.39, 0.29) is 24.5 Å². The maximum Gasteiger partial charge on any atom is 0.407 e. The van der Waals surface area contributed by atoms with E-state index in [0.29, 0.717) is 12.5 Å². The Morgan fingerprint density at radius 1 is 0.970 bits per heavy atom. The van der Waals surface area contributed by atoms with Gasteiger partial charge in [-0.15, -0.1) is 0 Å². The lowest BCUT2D eigenvalue weighted by atomic mass is 9.98. The molecule has 33 heavy (non-hydrogen) atoms. The van der Waals surface area contributed by atoms with Gasteiger partial charge >= 0.3 is 12.1 Å². The smallest absolute Gasteiger partial charge is 0.407 e. The lowest BCUT2D eigenvalue weighted by Gasteiger charge is -2.27. The molecule has 0 radical (unpaired) electrons. The van der Waals surface area contributed by atoms with E-state index in [4.69, 9.17) is 4.74 Å². The van der Waals surface area contributed by atoms with Crippen molar-refractivity contribution in [2.24, 2.45) is 5.92 Å². The number of aliphatic carboxylic acids is 1. The fourth-order valence-corrected chi connectivity index (χ4v) is 4.74. The van der Waals surface area contributed by atoms with Crippen LogP contribution in [-0.4, -0.2) is 53.2 Å². The molecule has 0 spiro atoms. The summed E-state index contributed by atoms with van der Waals surface area (Å²) < 4.78 is 5.54. The average Bonchev–Trinajstić information content (AvgIpc) is 3.73. The largest absolute Gasteiger partial charge is 0.481 e. The quantitative estimate of drug-likeness (QED) is 0.609. The van der Waals surface area contributed by atoms with Gasteiger partial charge in [0.15, 0.2) is 0 Å². The zero-order valence-corrected chi connectivity index (χ0v) is 18.4. The highest BCUT2D eigenvalue weighted by atomic mass is 16.5. The van der Waals surface area contributed by atoms with Gasteiger partial charge in [0.1, 0.15) is 12.6 Å². The van der Waals surface area contributed by atoms with Crippen molar-refractivity contribution in [2.75, 3.05) is 13.2 Å². The third-order valence-electron chi connectivity index (χ3n) is 6.74. The summed E-state index contributed by atoms with van der Waals surface area (Å²) in [5.74, 6) is -1.06. The Morgan fingerprint density at radius 3 is 2.12 bits per heavy atom. The molecule has 2 N–H and O–H groups in total. The normalized spacial score (nSPS) is 17.6. The van der Waals surface area contributed by atoms with Gasteiger partial charge in [-0.1, -0.05) is 48.5 Å². The number of nitrogens with zero attached hydrogens (tertiary/aromatic N) is 1. The summed E-state index contributed by atoms with van der Waals surface area (Å²) in [6.45, 7) is 0.758. The molecule has 0 heterocycles. The number of carboxylic acids is 1. The topological polar surface area (TPSA) is 95.9 Å². The van der Waals surface area contributed by atoms with Crippen LogP contribution in [0.1, 0.15) is 49.1 Å². The van der Waals surface area contributed by atoms with E-state index < -0.39 is 24.5 Å². The molecule has 2 aromatic carbocycles. The molecule has 2 saturated carbocycles. The first kappa shape index (κ1) is 21.5. The first-order chi connectivity index (χ1) is 16.0. The number of rotatable bonds is 9. The number of fused-ring (bicyclic) bond motifs is 3. The molecule has 7 nitrogen and oxygen atoms in total. The Labute approximate surface area is 192 Å². The van der Waals surface area contributed by atoms with Crippen LogP contribution in [0.2, 0.25) is 0 Å². The summed E-state index contributed by atoms with van der Waals surface area (Å²) in [5, 5.41) is 11.9. The van der Waals surface area contributed by atoms with Crippen molar-refractivity contribution in [3.8, 4) is 11.1 Å². The fourth-order valence-electron chi connectivity index (χ4n) is 4.74. The van der Waals surface area contributed by atoms with Gasteiger partial charge in [-0.2, -0.15) is 0 Å². The van der Waals surface area contributed by atoms with Crippen molar-refractivity contribution in [1.29, 1.82) is 0 Å². The van der Waals surface area contributed by atoms with Gasteiger partial charge in [0.2, 0.25) is 5.91 Å². The summed E-state index contributed by atoms with van der Waals surface area (Å²) in [7, 11) is 0. The molecule has 0 bridgehead atoms. The van der Waals surface area contributed by atoms with Gasteiger partial charge < -0.3 is 20.1 Å². The minimum Gasteiger partial charge on any atom is -0.481 e. The number of carboxylic acid groups (broad SMARTS) is 1. The van der Waals surface area contributed by atoms with E-state index in [1.807, 2.05) is 36.4 Å². The van der Waals surface area contributed by atoms with Crippen LogP contribution in [0.3, 0.4) is 0 Å². The number of carbonyl (C=O) groups is 3. The Kier molecular flexibility index (Phi) is 5.79. The van der Waals surface area contributed by atoms with Crippen LogP contribution in [0.25, 0.3) is 11.1 Å². The van der Waals surface area contributed by atoms with Gasteiger partial charge in [0.25, 0.3) is 0 Å². The number of ether oxygens (including phenoxy) is 1. The maximum absolute atomic E-state index is 13.1. The highest BCUT2D eigenvalue weighted by molar-refractivity contribution is 5.89. The van der Waals surface area contributed by atoms with Gasteiger partial charge in [0.05, 0.1) is 6.42 Å². The number of alkyl carbamates (subject to hydrolysis) is 1. The summed E-state index contributed by atoms with van der Waals surface area (Å²) in [6, 6.07) is 15.1. The van der Waals surface area contributed by atoms with Gasteiger partial charge in [-0.3, -0.25) is 9.59 Å². The van der Waals surface area contributed by atoms with Gasteiger partial charge in [-0.25, -0.2) is 4.79 Å². The molecule has 0 aromatic heterocycles. The van der Waals surface area contributed by atoms with Crippen LogP contribution in [0, 0.1) is 5.92 Å². The highest BCUT2D eigenvalue weighted by Gasteiger charge is 2.40. The molecule has 172 valence electrons. The maximum atomic E-state index is 13.1. The first-order valence-electron chi connectivity index (χ1n) is 11.6. The number of hydrogen-bond acceptors (Lipinski definition) is 4. The summed E-state index contributed by atoms with van der Waals surface area (Å²) in [4.78, 5) is 39.0. The molecule has 0 aliphatic heterocycles. The van der Waals surface area contributed by atoms with E-state index in [1.165, 1.54) is 0 Å². The molecule has 2 amide bonds. The predicted octanol–water partition coefficient (Wildman–Crippen LogP) is 3.77. The van der Waals surface area contributed by atoms with Crippen molar-refractivity contribution in [3.63, 3.8) is 0 Å². The standard InChI is InChI=1S/C26H28N2O5/c29-24(30)13-23(25(31)28(17-11-12-17)14-16-9-10-16)27-26(32)33-15-22-20-7-3-1-5-18(20)19-6-2-4-8-21(19)22/h1-8,16-17,22-23H,9-15H2,(H,27,32)(H,29,30). The second-order valence-corrected chi connectivity index (χ2v) is 9.29. The van der Waals surface area contributed by atoms with E-state index in [1.54, 1.807) is 4.90 Å². The summed E-state index contributed by atoms with van der Waals surface area (Å²) >= 11 is 0. The highest BCUT2D eigenvalue weighted by Crippen LogP contribution is 2.44. The molecule has 5 rings (SSSR count). The van der Waals surface area contributed by atoms with Crippen LogP contribution in [0.15, 0.2) is 48.5 Å². The third-order valence-corrected chi connectivity index (χ3v) is 6.74. The molecule has 1 unspecified atom stereocenters. The Hall–Kier alpha value is -3.35. The van der Waals surface area contributed by atoms with Crippen molar-refractivity contribution in [3.05, 3.63) is 59.7 Å². The molecule has 3 aliphatic carbocycles. The van der Waals surface area contributed by atoms with Crippen LogP contribution < -0.4 is 5.32 Å². The van der Waals surface area contributed by atoms with Crippen LogP contribution in [-0.2, 0) is 14.3 Å². The number of hydrogen-bond donors (Lipinski definition) is 2. The van der Waals surface area contributed by atoms with Crippen molar-refractivity contribution in [2.45, 2.75) is 50.1 Å². The Balaban J connectivity index is 1.26. The second kappa shape index (κ2) is 8.89. The molecule has 1 atom stereocenters. The van der Waals surface area contributed by atoms with Crippen molar-refractivity contribution >= 4 is 18.0 Å². The predicted molar refractivity (Wildman–Crippen MR) is 122 cm³/mol. The van der Waals surface area contributed by atoms with Gasteiger partial charge in [0, 0.05) is 18.5 Å². The fraction of sp³-hybridized carbons (Fsp3) is 0.423. The van der Waals surface area contributed by atoms with Crippen molar-refractivity contribution < 1.29 is 24.2 Å². The molecule has 3 aliphatic rings. The lowest BCUT2D eigenvalue weighted by Crippen LogP contribution is -2.51. The number of nitrogens with one attached hydrogen (secondary N) is 1. The molecule has 2 fully saturated rings. The van der Waals surface area contributed by atoms with Gasteiger partial charge in [-0.05, 0) is 53.9 Å². The van der Waals surface area contributed by atoms with E-state index in [2.05, 4.69) is 17.4 Å². The monoisotopic (exact) mass is 448 g/mol. The van der Waals surface area contributed by atoms with Crippen LogP contribution in [0.5, 0.6) is 0 Å². The Bertz CT molecular complexity index is 1030. The molecule has 2 aromatic rings. The lowest BCUT2D eigenvalue weighted by molar-refractivity contribution is -0.143. The SMILES string of the molecule is O=C(O)CC(NC(=O)OCC1c2ccccc2-c2ccccc21)C(=O)N(CC1CC1)C1CC1. The summed E-state index contributed by atoms with van der Waals surface area (Å²) in [5.41, 5.74) is 4.44. The second-order valence-electron chi connectivity index (χ2n) is 9.29. The molecular formula is C26H28N2O5.